The lowest BCUT2D eigenvalue weighted by atomic mass is 10.0. The fraction of sp³-hybridized carbons (Fsp3) is 0.688. The summed E-state index contributed by atoms with van der Waals surface area (Å²) in [6.07, 6.45) is -4.95. The molecule has 0 aromatic carbocycles. The maximum absolute atomic E-state index is 11.6. The zero-order valence-electron chi connectivity index (χ0n) is 15.6. The van der Waals surface area contributed by atoms with Crippen LogP contribution >= 0.6 is 11.8 Å². The highest BCUT2D eigenvalue weighted by atomic mass is 32.2. The Balaban J connectivity index is 3.40. The molecule has 0 aliphatic carbocycles. The summed E-state index contributed by atoms with van der Waals surface area (Å²) in [5, 5.41) is 0. The molecule has 1 aliphatic rings. The lowest BCUT2D eigenvalue weighted by Gasteiger charge is -2.33. The van der Waals surface area contributed by atoms with Gasteiger partial charge in [0.2, 0.25) is 0 Å². The minimum atomic E-state index is -1.36. The van der Waals surface area contributed by atoms with Crippen LogP contribution in [0.2, 0.25) is 0 Å². The van der Waals surface area contributed by atoms with Gasteiger partial charge in [0.15, 0.2) is 29.9 Å². The summed E-state index contributed by atoms with van der Waals surface area (Å²) in [5.41, 5.74) is -1.07. The van der Waals surface area contributed by atoms with Crippen molar-refractivity contribution in [3.05, 3.63) is 0 Å². The molecule has 27 heavy (non-hydrogen) atoms. The number of carbonyl (C=O) groups is 5. The Morgan fingerprint density at radius 2 is 1.00 bits per heavy atom. The molecule has 0 N–H and O–H groups in total. The van der Waals surface area contributed by atoms with Crippen molar-refractivity contribution in [2.75, 3.05) is 5.75 Å². The molecular formula is C16H22O10S. The highest BCUT2D eigenvalue weighted by Gasteiger charge is 2.50. The Hall–Kier alpha value is -2.30. The van der Waals surface area contributed by atoms with Crippen LogP contribution in [0.5, 0.6) is 0 Å². The summed E-state index contributed by atoms with van der Waals surface area (Å²) >= 11 is 0.994. The third-order valence-electron chi connectivity index (χ3n) is 3.21. The van der Waals surface area contributed by atoms with E-state index in [4.69, 9.17) is 23.7 Å². The van der Waals surface area contributed by atoms with E-state index in [1.54, 1.807) is 0 Å². The van der Waals surface area contributed by atoms with Gasteiger partial charge < -0.3 is 23.7 Å². The Morgan fingerprint density at radius 1 is 0.593 bits per heavy atom. The summed E-state index contributed by atoms with van der Waals surface area (Å²) in [6, 6.07) is 0. The number of esters is 5. The summed E-state index contributed by atoms with van der Waals surface area (Å²) in [5.74, 6) is -3.51. The molecular weight excluding hydrogens is 384 g/mol. The van der Waals surface area contributed by atoms with E-state index in [2.05, 4.69) is 0 Å². The molecule has 0 radical (unpaired) electrons. The number of carbonyl (C=O) groups excluding carboxylic acids is 5. The molecule has 1 rings (SSSR count). The van der Waals surface area contributed by atoms with Gasteiger partial charge in [-0.2, -0.15) is 0 Å². The highest BCUT2D eigenvalue weighted by Crippen LogP contribution is 2.33. The quantitative estimate of drug-likeness (QED) is 0.463. The molecule has 11 heteroatoms. The van der Waals surface area contributed by atoms with Gasteiger partial charge in [0, 0.05) is 40.4 Å². The van der Waals surface area contributed by atoms with Gasteiger partial charge in [0.25, 0.3) is 0 Å². The molecule has 152 valence electrons. The minimum Gasteiger partial charge on any atom is -0.458 e. The van der Waals surface area contributed by atoms with Crippen molar-refractivity contribution < 1.29 is 47.7 Å². The first-order valence-corrected chi connectivity index (χ1v) is 9.03. The number of ether oxygens (including phenoxy) is 5. The largest absolute Gasteiger partial charge is 0.458 e. The van der Waals surface area contributed by atoms with E-state index in [1.165, 1.54) is 0 Å². The van der Waals surface area contributed by atoms with Crippen LogP contribution in [0.1, 0.15) is 34.6 Å². The van der Waals surface area contributed by atoms with Gasteiger partial charge in [-0.3, -0.25) is 24.0 Å². The number of thioether (sulfide) groups is 1. The van der Waals surface area contributed by atoms with Gasteiger partial charge in [-0.05, 0) is 0 Å². The van der Waals surface area contributed by atoms with Crippen LogP contribution in [-0.4, -0.2) is 65.5 Å². The monoisotopic (exact) mass is 406 g/mol. The predicted octanol–water partition coefficient (Wildman–Crippen LogP) is 0.349. The second kappa shape index (κ2) is 10.1. The topological polar surface area (TPSA) is 132 Å². The smallest absolute Gasteiger partial charge is 0.303 e. The normalized spacial score (nSPS) is 27.5. The van der Waals surface area contributed by atoms with Gasteiger partial charge in [0.05, 0.1) is 0 Å². The van der Waals surface area contributed by atoms with Gasteiger partial charge in [0.1, 0.15) is 0 Å². The second-order valence-electron chi connectivity index (χ2n) is 5.68. The minimum absolute atomic E-state index is 0.0327. The van der Waals surface area contributed by atoms with E-state index in [0.717, 1.165) is 46.4 Å². The van der Waals surface area contributed by atoms with Crippen LogP contribution in [0, 0.1) is 0 Å². The van der Waals surface area contributed by atoms with Crippen molar-refractivity contribution in [3.63, 3.8) is 0 Å². The van der Waals surface area contributed by atoms with Gasteiger partial charge >= 0.3 is 29.8 Å². The van der Waals surface area contributed by atoms with Crippen molar-refractivity contribution in [1.82, 2.24) is 0 Å². The number of hydrogen-bond acceptors (Lipinski definition) is 11. The zero-order chi connectivity index (χ0) is 20.7. The Bertz CT molecular complexity index is 560. The summed E-state index contributed by atoms with van der Waals surface area (Å²) in [6.45, 7) is 5.67. The molecule has 0 aromatic heterocycles. The predicted molar refractivity (Wildman–Crippen MR) is 90.2 cm³/mol. The average Bonchev–Trinajstić information content (AvgIpc) is 2.59. The maximum Gasteiger partial charge on any atom is 0.303 e. The molecule has 0 spiro atoms. The summed E-state index contributed by atoms with van der Waals surface area (Å²) in [7, 11) is 0. The number of hydrogen-bond donors (Lipinski definition) is 0. The third-order valence-corrected chi connectivity index (χ3v) is 4.43. The van der Waals surface area contributed by atoms with Gasteiger partial charge in [-0.1, -0.05) is 0 Å². The van der Waals surface area contributed by atoms with Crippen LogP contribution in [0.3, 0.4) is 0 Å². The van der Waals surface area contributed by atoms with Crippen LogP contribution in [0.4, 0.5) is 0 Å². The van der Waals surface area contributed by atoms with Gasteiger partial charge in [-0.15, -0.1) is 11.8 Å². The third kappa shape index (κ3) is 7.45. The van der Waals surface area contributed by atoms with Crippen molar-refractivity contribution in [1.29, 1.82) is 0 Å². The highest BCUT2D eigenvalue weighted by molar-refractivity contribution is 7.99. The first kappa shape index (κ1) is 22.7. The fourth-order valence-corrected chi connectivity index (χ4v) is 3.73. The zero-order valence-corrected chi connectivity index (χ0v) is 16.4. The van der Waals surface area contributed by atoms with E-state index >= 15 is 0 Å². The van der Waals surface area contributed by atoms with Crippen LogP contribution in [0.15, 0.2) is 0 Å². The van der Waals surface area contributed by atoms with E-state index in [-0.39, 0.29) is 5.75 Å². The first-order chi connectivity index (χ1) is 12.5. The Kier molecular flexibility index (Phi) is 8.54. The second-order valence-corrected chi connectivity index (χ2v) is 6.81. The standard InChI is InChI=1S/C16H22O10S/c1-7(17)22-12-6-27-16(26-11(5)21)15(25-10(4)20)14(24-9(3)19)13(12)23-8(2)18/h12-16H,6H2,1-5H3/t12-,13+,14+,15-,16-/m1/s1. The first-order valence-electron chi connectivity index (χ1n) is 7.99. The van der Waals surface area contributed by atoms with E-state index in [9.17, 15) is 24.0 Å². The van der Waals surface area contributed by atoms with E-state index in [1.807, 2.05) is 0 Å². The Morgan fingerprint density at radius 3 is 1.44 bits per heavy atom. The molecule has 1 fully saturated rings. The lowest BCUT2D eigenvalue weighted by molar-refractivity contribution is -0.201. The molecule has 1 heterocycles. The molecule has 0 saturated carbocycles. The molecule has 0 aromatic rings. The fourth-order valence-electron chi connectivity index (χ4n) is 2.49. The summed E-state index contributed by atoms with van der Waals surface area (Å²) < 4.78 is 26.0. The molecule has 5 atom stereocenters. The van der Waals surface area contributed by atoms with Crippen LogP contribution in [0.25, 0.3) is 0 Å². The van der Waals surface area contributed by atoms with Crippen molar-refractivity contribution in [2.24, 2.45) is 0 Å². The van der Waals surface area contributed by atoms with Crippen molar-refractivity contribution in [3.8, 4) is 0 Å². The SMILES string of the molecule is CC(=O)O[C@@H]1[C@@H](OC(C)=O)[C@H](OC(C)=O)SC[C@@H](OC(C)=O)[C@@H]1OC(C)=O. The van der Waals surface area contributed by atoms with E-state index < -0.39 is 59.7 Å². The molecule has 0 bridgehead atoms. The van der Waals surface area contributed by atoms with Crippen LogP contribution < -0.4 is 0 Å². The number of rotatable bonds is 5. The van der Waals surface area contributed by atoms with Crippen LogP contribution in [-0.2, 0) is 47.7 Å². The average molecular weight is 406 g/mol. The van der Waals surface area contributed by atoms with Crippen molar-refractivity contribution >= 4 is 41.6 Å². The van der Waals surface area contributed by atoms with Gasteiger partial charge in [-0.25, -0.2) is 0 Å². The summed E-state index contributed by atoms with van der Waals surface area (Å²) in [4.78, 5) is 57.7. The molecule has 10 nitrogen and oxygen atoms in total. The molecule has 0 unspecified atom stereocenters. The maximum atomic E-state index is 11.6. The molecule has 1 aliphatic heterocycles. The Labute approximate surface area is 160 Å². The van der Waals surface area contributed by atoms with E-state index in [0.29, 0.717) is 0 Å². The molecule has 1 saturated heterocycles. The molecule has 0 amide bonds. The van der Waals surface area contributed by atoms with Crippen molar-refractivity contribution in [2.45, 2.75) is 64.5 Å². The lowest BCUT2D eigenvalue weighted by Crippen LogP contribution is -2.53.